The van der Waals surface area contributed by atoms with E-state index in [2.05, 4.69) is 10.1 Å². The molecule has 1 N–H and O–H groups in total. The monoisotopic (exact) mass is 260 g/mol. The van der Waals surface area contributed by atoms with E-state index in [1.54, 1.807) is 13.0 Å². The molecule has 5 nitrogen and oxygen atoms in total. The van der Waals surface area contributed by atoms with Crippen molar-refractivity contribution >= 4 is 22.8 Å². The van der Waals surface area contributed by atoms with Gasteiger partial charge in [0.1, 0.15) is 6.04 Å². The maximum atomic E-state index is 12.2. The van der Waals surface area contributed by atoms with Crippen molar-refractivity contribution in [1.29, 1.82) is 0 Å². The van der Waals surface area contributed by atoms with E-state index in [4.69, 9.17) is 0 Å². The molecule has 0 aliphatic rings. The van der Waals surface area contributed by atoms with Gasteiger partial charge in [0.2, 0.25) is 0 Å². The van der Waals surface area contributed by atoms with Crippen LogP contribution in [0.15, 0.2) is 30.5 Å². The van der Waals surface area contributed by atoms with Crippen LogP contribution in [0.25, 0.3) is 10.9 Å². The number of hydrogen-bond acceptors (Lipinski definition) is 3. The average Bonchev–Trinajstić information content (AvgIpc) is 2.79. The Morgan fingerprint density at radius 1 is 1.32 bits per heavy atom. The first-order valence-electron chi connectivity index (χ1n) is 5.97. The molecule has 0 unspecified atom stereocenters. The van der Waals surface area contributed by atoms with Crippen LogP contribution in [0.2, 0.25) is 0 Å². The third kappa shape index (κ3) is 2.45. The number of aryl methyl sites for hydroxylation is 1. The first kappa shape index (κ1) is 13.1. The van der Waals surface area contributed by atoms with Gasteiger partial charge in [-0.05, 0) is 25.1 Å². The number of aromatic nitrogens is 1. The Bertz CT molecular complexity index is 631. The molecule has 1 heterocycles. The summed E-state index contributed by atoms with van der Waals surface area (Å²) in [4.78, 5) is 23.5. The number of rotatable bonds is 3. The van der Waals surface area contributed by atoms with E-state index in [1.807, 2.05) is 36.0 Å². The molecule has 2 aromatic rings. The predicted molar refractivity (Wildman–Crippen MR) is 71.9 cm³/mol. The van der Waals surface area contributed by atoms with Crippen LogP contribution < -0.4 is 5.32 Å². The van der Waals surface area contributed by atoms with Crippen LogP contribution in [0, 0.1) is 0 Å². The van der Waals surface area contributed by atoms with Gasteiger partial charge in [-0.15, -0.1) is 0 Å². The summed E-state index contributed by atoms with van der Waals surface area (Å²) in [6.07, 6.45) is 1.89. The SMILES string of the molecule is COC(=O)[C@@H](C)NC(=O)c1cccc2c1ccn2C. The number of hydrogen-bond donors (Lipinski definition) is 1. The summed E-state index contributed by atoms with van der Waals surface area (Å²) >= 11 is 0. The number of amides is 1. The number of nitrogens with zero attached hydrogens (tertiary/aromatic N) is 1. The molecule has 0 saturated heterocycles. The van der Waals surface area contributed by atoms with Crippen LogP contribution in [0.5, 0.6) is 0 Å². The van der Waals surface area contributed by atoms with Crippen molar-refractivity contribution < 1.29 is 14.3 Å². The van der Waals surface area contributed by atoms with E-state index >= 15 is 0 Å². The second-order valence-electron chi connectivity index (χ2n) is 4.38. The van der Waals surface area contributed by atoms with Gasteiger partial charge in [-0.2, -0.15) is 0 Å². The summed E-state index contributed by atoms with van der Waals surface area (Å²) in [7, 11) is 3.21. The fourth-order valence-electron chi connectivity index (χ4n) is 2.01. The van der Waals surface area contributed by atoms with Crippen molar-refractivity contribution in [2.24, 2.45) is 7.05 Å². The standard InChI is InChI=1S/C14H16N2O3/c1-9(14(18)19-3)15-13(17)11-5-4-6-12-10(11)7-8-16(12)2/h4-9H,1-3H3,(H,15,17)/t9-/m1/s1. The number of esters is 1. The largest absolute Gasteiger partial charge is 0.467 e. The Morgan fingerprint density at radius 2 is 2.05 bits per heavy atom. The van der Waals surface area contributed by atoms with Gasteiger partial charge in [-0.1, -0.05) is 6.07 Å². The molecule has 5 heteroatoms. The predicted octanol–water partition coefficient (Wildman–Crippen LogP) is 1.47. The Labute approximate surface area is 111 Å². The highest BCUT2D eigenvalue weighted by molar-refractivity contribution is 6.07. The van der Waals surface area contributed by atoms with Gasteiger partial charge in [-0.25, -0.2) is 4.79 Å². The van der Waals surface area contributed by atoms with E-state index in [1.165, 1.54) is 7.11 Å². The lowest BCUT2D eigenvalue weighted by Crippen LogP contribution is -2.39. The molecule has 1 aromatic carbocycles. The lowest BCUT2D eigenvalue weighted by atomic mass is 10.1. The smallest absolute Gasteiger partial charge is 0.328 e. The number of carbonyl (C=O) groups excluding carboxylic acids is 2. The molecule has 0 saturated carbocycles. The van der Waals surface area contributed by atoms with Crippen molar-refractivity contribution in [3.05, 3.63) is 36.0 Å². The molecule has 0 radical (unpaired) electrons. The fraction of sp³-hybridized carbons (Fsp3) is 0.286. The molecule has 1 amide bonds. The van der Waals surface area contributed by atoms with Crippen LogP contribution in [-0.2, 0) is 16.6 Å². The third-order valence-corrected chi connectivity index (χ3v) is 3.07. The average molecular weight is 260 g/mol. The van der Waals surface area contributed by atoms with Crippen LogP contribution in [-0.4, -0.2) is 29.6 Å². The molecular weight excluding hydrogens is 244 g/mol. The second kappa shape index (κ2) is 5.14. The molecule has 19 heavy (non-hydrogen) atoms. The minimum atomic E-state index is -0.670. The number of ether oxygens (including phenoxy) is 1. The van der Waals surface area contributed by atoms with Gasteiger partial charge in [0.15, 0.2) is 0 Å². The minimum absolute atomic E-state index is 0.283. The van der Waals surface area contributed by atoms with E-state index in [-0.39, 0.29) is 5.91 Å². The van der Waals surface area contributed by atoms with Gasteiger partial charge < -0.3 is 14.6 Å². The lowest BCUT2D eigenvalue weighted by molar-refractivity contribution is -0.142. The summed E-state index contributed by atoms with van der Waals surface area (Å²) in [5, 5.41) is 3.49. The van der Waals surface area contributed by atoms with Crippen molar-refractivity contribution in [3.8, 4) is 0 Å². The lowest BCUT2D eigenvalue weighted by Gasteiger charge is -2.12. The topological polar surface area (TPSA) is 60.3 Å². The Balaban J connectivity index is 2.29. The number of fused-ring (bicyclic) bond motifs is 1. The normalized spacial score (nSPS) is 12.2. The first-order valence-corrected chi connectivity index (χ1v) is 5.97. The first-order chi connectivity index (χ1) is 9.04. The van der Waals surface area contributed by atoms with E-state index < -0.39 is 12.0 Å². The molecule has 0 bridgehead atoms. The van der Waals surface area contributed by atoms with Crippen molar-refractivity contribution in [2.45, 2.75) is 13.0 Å². The van der Waals surface area contributed by atoms with E-state index in [9.17, 15) is 9.59 Å². The van der Waals surface area contributed by atoms with Crippen LogP contribution in [0.3, 0.4) is 0 Å². The van der Waals surface area contributed by atoms with Crippen LogP contribution >= 0.6 is 0 Å². The molecule has 2 rings (SSSR count). The van der Waals surface area contributed by atoms with Crippen molar-refractivity contribution in [2.75, 3.05) is 7.11 Å². The number of carbonyl (C=O) groups is 2. The molecule has 100 valence electrons. The Morgan fingerprint density at radius 3 is 2.74 bits per heavy atom. The van der Waals surface area contributed by atoms with Gasteiger partial charge in [0, 0.05) is 29.7 Å². The molecule has 0 aliphatic heterocycles. The summed E-state index contributed by atoms with van der Waals surface area (Å²) in [6.45, 7) is 1.59. The van der Waals surface area contributed by atoms with Gasteiger partial charge in [-0.3, -0.25) is 4.79 Å². The van der Waals surface area contributed by atoms with Gasteiger partial charge >= 0.3 is 5.97 Å². The highest BCUT2D eigenvalue weighted by atomic mass is 16.5. The molecular formula is C14H16N2O3. The zero-order chi connectivity index (χ0) is 14.0. The zero-order valence-electron chi connectivity index (χ0n) is 11.1. The Kier molecular flexibility index (Phi) is 3.55. The Hall–Kier alpha value is -2.30. The van der Waals surface area contributed by atoms with Crippen molar-refractivity contribution in [3.63, 3.8) is 0 Å². The van der Waals surface area contributed by atoms with Crippen LogP contribution in [0.4, 0.5) is 0 Å². The van der Waals surface area contributed by atoms with Crippen molar-refractivity contribution in [1.82, 2.24) is 9.88 Å². The highest BCUT2D eigenvalue weighted by Crippen LogP contribution is 2.19. The quantitative estimate of drug-likeness (QED) is 0.850. The molecule has 1 aromatic heterocycles. The summed E-state index contributed by atoms with van der Waals surface area (Å²) in [6, 6.07) is 6.71. The zero-order valence-corrected chi connectivity index (χ0v) is 11.1. The van der Waals surface area contributed by atoms with Gasteiger partial charge in [0.25, 0.3) is 5.91 Å². The van der Waals surface area contributed by atoms with E-state index in [0.717, 1.165) is 10.9 Å². The number of methoxy groups -OCH3 is 1. The third-order valence-electron chi connectivity index (χ3n) is 3.07. The number of benzene rings is 1. The molecule has 0 aliphatic carbocycles. The van der Waals surface area contributed by atoms with E-state index in [0.29, 0.717) is 5.56 Å². The fourth-order valence-corrected chi connectivity index (χ4v) is 2.01. The maximum Gasteiger partial charge on any atom is 0.328 e. The maximum absolute atomic E-state index is 12.2. The molecule has 0 spiro atoms. The summed E-state index contributed by atoms with van der Waals surface area (Å²) in [5.74, 6) is -0.747. The highest BCUT2D eigenvalue weighted by Gasteiger charge is 2.18. The summed E-state index contributed by atoms with van der Waals surface area (Å²) in [5.41, 5.74) is 1.52. The summed E-state index contributed by atoms with van der Waals surface area (Å²) < 4.78 is 6.52. The molecule has 0 fully saturated rings. The minimum Gasteiger partial charge on any atom is -0.467 e. The van der Waals surface area contributed by atoms with Gasteiger partial charge in [0.05, 0.1) is 7.11 Å². The molecule has 1 atom stereocenters. The van der Waals surface area contributed by atoms with Crippen LogP contribution in [0.1, 0.15) is 17.3 Å². The second-order valence-corrected chi connectivity index (χ2v) is 4.38. The number of nitrogens with one attached hydrogen (secondary N) is 1.